The molecule has 0 heterocycles. The highest BCUT2D eigenvalue weighted by Crippen LogP contribution is 2.42. The van der Waals surface area contributed by atoms with E-state index in [1.54, 1.807) is 0 Å². The van der Waals surface area contributed by atoms with Gasteiger partial charge in [0.1, 0.15) is 0 Å². The molecule has 0 saturated carbocycles. The van der Waals surface area contributed by atoms with Gasteiger partial charge in [-0.15, -0.1) is 11.6 Å². The lowest BCUT2D eigenvalue weighted by atomic mass is 9.68. The van der Waals surface area contributed by atoms with Crippen molar-refractivity contribution in [1.29, 1.82) is 0 Å². The number of benzene rings is 1. The molecule has 0 amide bonds. The fourth-order valence-electron chi connectivity index (χ4n) is 3.19. The summed E-state index contributed by atoms with van der Waals surface area (Å²) in [6.45, 7) is 2.27. The van der Waals surface area contributed by atoms with Gasteiger partial charge in [0, 0.05) is 11.3 Å². The van der Waals surface area contributed by atoms with E-state index >= 15 is 0 Å². The van der Waals surface area contributed by atoms with Gasteiger partial charge in [0.15, 0.2) is 0 Å². The summed E-state index contributed by atoms with van der Waals surface area (Å²) < 4.78 is 0. The van der Waals surface area contributed by atoms with E-state index in [0.717, 1.165) is 5.88 Å². The molecule has 2 rings (SSSR count). The van der Waals surface area contributed by atoms with E-state index in [4.69, 9.17) is 11.6 Å². The molecule has 0 bridgehead atoms. The minimum Gasteiger partial charge on any atom is -0.126 e. The number of rotatable bonds is 5. The average molecular weight is 251 g/mol. The van der Waals surface area contributed by atoms with Crippen molar-refractivity contribution in [3.8, 4) is 0 Å². The molecule has 0 spiro atoms. The van der Waals surface area contributed by atoms with Crippen molar-refractivity contribution in [2.75, 3.05) is 5.88 Å². The van der Waals surface area contributed by atoms with Gasteiger partial charge in [-0.2, -0.15) is 0 Å². The predicted octanol–water partition coefficient (Wildman–Crippen LogP) is 5.08. The van der Waals surface area contributed by atoms with Crippen molar-refractivity contribution >= 4 is 11.6 Å². The molecule has 1 unspecified atom stereocenters. The normalized spacial score (nSPS) is 23.4. The van der Waals surface area contributed by atoms with E-state index in [0.29, 0.717) is 0 Å². The molecule has 1 aromatic carbocycles. The first-order valence-corrected chi connectivity index (χ1v) is 7.50. The molecule has 0 nitrogen and oxygen atoms in total. The largest absolute Gasteiger partial charge is 0.126 e. The summed E-state index contributed by atoms with van der Waals surface area (Å²) in [5, 5.41) is 0. The lowest BCUT2D eigenvalue weighted by molar-refractivity contribution is 0.357. The topological polar surface area (TPSA) is 0 Å². The molecule has 17 heavy (non-hydrogen) atoms. The van der Waals surface area contributed by atoms with Crippen LogP contribution in [0.5, 0.6) is 0 Å². The van der Waals surface area contributed by atoms with Gasteiger partial charge in [-0.05, 0) is 36.8 Å². The molecule has 1 atom stereocenters. The Bertz CT molecular complexity index is 358. The van der Waals surface area contributed by atoms with E-state index in [1.807, 2.05) is 0 Å². The molecule has 0 saturated heterocycles. The lowest BCUT2D eigenvalue weighted by Gasteiger charge is -2.38. The number of hydrogen-bond donors (Lipinski definition) is 0. The highest BCUT2D eigenvalue weighted by molar-refractivity contribution is 6.18. The molecule has 94 valence electrons. The Balaban J connectivity index is 2.22. The second-order valence-electron chi connectivity index (χ2n) is 5.38. The fraction of sp³-hybridized carbons (Fsp3) is 0.625. The minimum atomic E-state index is 0.269. The highest BCUT2D eigenvalue weighted by Gasteiger charge is 2.34. The standard InChI is InChI=1S/C16H23Cl/c1-2-3-6-11-16(13-17)12-7-9-14-8-4-5-10-15(14)16/h4-5,8,10H,2-3,6-7,9,11-13H2,1H3. The average Bonchev–Trinajstić information content (AvgIpc) is 2.39. The number of hydrogen-bond acceptors (Lipinski definition) is 0. The molecule has 1 heteroatoms. The number of aryl methyl sites for hydroxylation is 1. The van der Waals surface area contributed by atoms with Gasteiger partial charge in [0.05, 0.1) is 0 Å². The maximum absolute atomic E-state index is 6.34. The van der Waals surface area contributed by atoms with E-state index in [1.165, 1.54) is 56.1 Å². The number of fused-ring (bicyclic) bond motifs is 1. The van der Waals surface area contributed by atoms with Crippen LogP contribution in [0, 0.1) is 0 Å². The smallest absolute Gasteiger partial charge is 0.0320 e. The van der Waals surface area contributed by atoms with Gasteiger partial charge in [0.25, 0.3) is 0 Å². The summed E-state index contributed by atoms with van der Waals surface area (Å²) in [7, 11) is 0. The fourth-order valence-corrected chi connectivity index (χ4v) is 3.60. The highest BCUT2D eigenvalue weighted by atomic mass is 35.5. The Hall–Kier alpha value is -0.490. The van der Waals surface area contributed by atoms with Gasteiger partial charge < -0.3 is 0 Å². The van der Waals surface area contributed by atoms with E-state index < -0.39 is 0 Å². The van der Waals surface area contributed by atoms with Crippen LogP contribution in [0.1, 0.15) is 56.6 Å². The third-order valence-electron chi connectivity index (χ3n) is 4.20. The summed E-state index contributed by atoms with van der Waals surface area (Å²) in [4.78, 5) is 0. The Morgan fingerprint density at radius 2 is 2.06 bits per heavy atom. The zero-order chi connectivity index (χ0) is 12.1. The van der Waals surface area contributed by atoms with Crippen molar-refractivity contribution in [1.82, 2.24) is 0 Å². The molecular weight excluding hydrogens is 228 g/mol. The molecule has 0 aliphatic heterocycles. The monoisotopic (exact) mass is 250 g/mol. The van der Waals surface area contributed by atoms with Crippen LogP contribution < -0.4 is 0 Å². The maximum atomic E-state index is 6.34. The molecule has 1 aromatic rings. The minimum absolute atomic E-state index is 0.269. The van der Waals surface area contributed by atoms with Crippen LogP contribution in [0.4, 0.5) is 0 Å². The summed E-state index contributed by atoms with van der Waals surface area (Å²) in [6.07, 6.45) is 9.02. The van der Waals surface area contributed by atoms with Gasteiger partial charge in [-0.1, -0.05) is 50.5 Å². The molecule has 1 aliphatic carbocycles. The van der Waals surface area contributed by atoms with Crippen molar-refractivity contribution in [3.05, 3.63) is 35.4 Å². The first kappa shape index (κ1) is 13.0. The van der Waals surface area contributed by atoms with Crippen molar-refractivity contribution in [2.24, 2.45) is 0 Å². The summed E-state index contributed by atoms with van der Waals surface area (Å²) in [5.41, 5.74) is 3.35. The van der Waals surface area contributed by atoms with Crippen molar-refractivity contribution < 1.29 is 0 Å². The first-order valence-electron chi connectivity index (χ1n) is 6.97. The second kappa shape index (κ2) is 5.91. The van der Waals surface area contributed by atoms with Crippen LogP contribution in [0.3, 0.4) is 0 Å². The number of unbranched alkanes of at least 4 members (excludes halogenated alkanes) is 2. The van der Waals surface area contributed by atoms with Crippen LogP contribution in [0.25, 0.3) is 0 Å². The van der Waals surface area contributed by atoms with Crippen LogP contribution in [-0.4, -0.2) is 5.88 Å². The van der Waals surface area contributed by atoms with Gasteiger partial charge >= 0.3 is 0 Å². The van der Waals surface area contributed by atoms with Gasteiger partial charge in [-0.3, -0.25) is 0 Å². The first-order chi connectivity index (χ1) is 8.32. The van der Waals surface area contributed by atoms with Gasteiger partial charge in [0.2, 0.25) is 0 Å². The van der Waals surface area contributed by atoms with Crippen LogP contribution in [0.15, 0.2) is 24.3 Å². The third-order valence-corrected chi connectivity index (χ3v) is 4.72. The molecule has 0 fully saturated rings. The summed E-state index contributed by atoms with van der Waals surface area (Å²) >= 11 is 6.34. The molecule has 0 radical (unpaired) electrons. The summed E-state index contributed by atoms with van der Waals surface area (Å²) in [6, 6.07) is 8.93. The summed E-state index contributed by atoms with van der Waals surface area (Å²) in [5.74, 6) is 0.785. The van der Waals surface area contributed by atoms with E-state index in [9.17, 15) is 0 Å². The quantitative estimate of drug-likeness (QED) is 0.505. The molecule has 0 aromatic heterocycles. The Labute approximate surface area is 110 Å². The molecule has 1 aliphatic rings. The lowest BCUT2D eigenvalue weighted by Crippen LogP contribution is -2.32. The zero-order valence-electron chi connectivity index (χ0n) is 10.8. The number of halogens is 1. The van der Waals surface area contributed by atoms with Gasteiger partial charge in [-0.25, -0.2) is 0 Å². The number of alkyl halides is 1. The molecular formula is C16H23Cl. The van der Waals surface area contributed by atoms with Crippen molar-refractivity contribution in [2.45, 2.75) is 57.3 Å². The molecule has 0 N–H and O–H groups in total. The zero-order valence-corrected chi connectivity index (χ0v) is 11.6. The maximum Gasteiger partial charge on any atom is 0.0320 e. The van der Waals surface area contributed by atoms with E-state index in [-0.39, 0.29) is 5.41 Å². The van der Waals surface area contributed by atoms with Crippen LogP contribution in [-0.2, 0) is 11.8 Å². The Morgan fingerprint density at radius 1 is 1.24 bits per heavy atom. The Kier molecular flexibility index (Phi) is 4.50. The predicted molar refractivity (Wildman–Crippen MR) is 75.9 cm³/mol. The van der Waals surface area contributed by atoms with Crippen LogP contribution in [0.2, 0.25) is 0 Å². The Morgan fingerprint density at radius 3 is 2.82 bits per heavy atom. The SMILES string of the molecule is CCCCCC1(CCl)CCCc2ccccc21. The van der Waals surface area contributed by atoms with E-state index in [2.05, 4.69) is 31.2 Å². The second-order valence-corrected chi connectivity index (χ2v) is 5.65. The third kappa shape index (κ3) is 2.68. The van der Waals surface area contributed by atoms with Crippen LogP contribution >= 0.6 is 11.6 Å². The van der Waals surface area contributed by atoms with Crippen molar-refractivity contribution in [3.63, 3.8) is 0 Å².